The topological polar surface area (TPSA) is 45.1 Å². The fraction of sp³-hybridized carbons (Fsp3) is 0.643. The van der Waals surface area contributed by atoms with Gasteiger partial charge < -0.3 is 10.4 Å². The lowest BCUT2D eigenvalue weighted by Gasteiger charge is -2.45. The van der Waals surface area contributed by atoms with Crippen molar-refractivity contribution in [1.82, 2.24) is 10.3 Å². The van der Waals surface area contributed by atoms with Crippen LogP contribution in [0, 0.1) is 0 Å². The van der Waals surface area contributed by atoms with E-state index in [1.54, 1.807) is 6.20 Å². The molecule has 100 valence electrons. The molecule has 0 aliphatic heterocycles. The standard InChI is InChI=1S/C14H22N2OS/c1-3-18-13-6-7-14(13,17)10-16-11(2)12-5-4-8-15-9-12/h4-5,8-9,11,13,16-17H,3,6-7,10H2,1-2H3/t11-,13+,14+/m0/s1. The van der Waals surface area contributed by atoms with Crippen molar-refractivity contribution in [3.05, 3.63) is 30.1 Å². The molecule has 0 radical (unpaired) electrons. The number of hydrogen-bond acceptors (Lipinski definition) is 4. The Morgan fingerprint density at radius 1 is 1.67 bits per heavy atom. The molecule has 3 nitrogen and oxygen atoms in total. The van der Waals surface area contributed by atoms with Gasteiger partial charge >= 0.3 is 0 Å². The highest BCUT2D eigenvalue weighted by atomic mass is 32.2. The lowest BCUT2D eigenvalue weighted by Crippen LogP contribution is -2.56. The summed E-state index contributed by atoms with van der Waals surface area (Å²) in [7, 11) is 0. The van der Waals surface area contributed by atoms with E-state index in [1.807, 2.05) is 24.0 Å². The summed E-state index contributed by atoms with van der Waals surface area (Å²) in [6.07, 6.45) is 5.71. The quantitative estimate of drug-likeness (QED) is 0.830. The van der Waals surface area contributed by atoms with Crippen LogP contribution in [-0.2, 0) is 0 Å². The van der Waals surface area contributed by atoms with E-state index in [1.165, 1.54) is 5.56 Å². The summed E-state index contributed by atoms with van der Waals surface area (Å²) in [6, 6.07) is 4.24. The molecule has 0 spiro atoms. The number of thioether (sulfide) groups is 1. The first-order valence-electron chi connectivity index (χ1n) is 6.63. The summed E-state index contributed by atoms with van der Waals surface area (Å²) in [5.74, 6) is 1.07. The zero-order valence-corrected chi connectivity index (χ0v) is 11.9. The second-order valence-corrected chi connectivity index (χ2v) is 6.45. The third-order valence-electron chi connectivity index (χ3n) is 3.71. The number of aromatic nitrogens is 1. The van der Waals surface area contributed by atoms with Crippen molar-refractivity contribution in [2.45, 2.75) is 43.6 Å². The van der Waals surface area contributed by atoms with Crippen molar-refractivity contribution in [2.75, 3.05) is 12.3 Å². The SMILES string of the molecule is CCS[C@@H]1CC[C@@]1(O)CN[C@@H](C)c1cccnc1. The van der Waals surface area contributed by atoms with E-state index in [0.29, 0.717) is 11.8 Å². The zero-order chi connectivity index (χ0) is 13.0. The molecule has 4 heteroatoms. The van der Waals surface area contributed by atoms with Crippen LogP contribution < -0.4 is 5.32 Å². The number of rotatable bonds is 6. The maximum Gasteiger partial charge on any atom is 0.0890 e. The van der Waals surface area contributed by atoms with Crippen LogP contribution in [0.3, 0.4) is 0 Å². The van der Waals surface area contributed by atoms with Crippen molar-refractivity contribution in [1.29, 1.82) is 0 Å². The molecule has 0 saturated heterocycles. The molecule has 1 aromatic rings. The van der Waals surface area contributed by atoms with Gasteiger partial charge in [-0.3, -0.25) is 4.98 Å². The highest BCUT2D eigenvalue weighted by Gasteiger charge is 2.44. The summed E-state index contributed by atoms with van der Waals surface area (Å²) >= 11 is 1.87. The van der Waals surface area contributed by atoms with Gasteiger partial charge in [-0.25, -0.2) is 0 Å². The van der Waals surface area contributed by atoms with Crippen LogP contribution in [0.15, 0.2) is 24.5 Å². The average molecular weight is 266 g/mol. The molecule has 18 heavy (non-hydrogen) atoms. The average Bonchev–Trinajstić information content (AvgIpc) is 2.41. The van der Waals surface area contributed by atoms with Gasteiger partial charge in [0.05, 0.1) is 5.60 Å². The van der Waals surface area contributed by atoms with E-state index in [4.69, 9.17) is 0 Å². The van der Waals surface area contributed by atoms with Crippen molar-refractivity contribution in [2.24, 2.45) is 0 Å². The van der Waals surface area contributed by atoms with Crippen LogP contribution in [0.25, 0.3) is 0 Å². The summed E-state index contributed by atoms with van der Waals surface area (Å²) in [4.78, 5) is 4.12. The monoisotopic (exact) mass is 266 g/mol. The number of nitrogens with one attached hydrogen (secondary N) is 1. The summed E-state index contributed by atoms with van der Waals surface area (Å²) in [5, 5.41) is 14.3. The molecule has 1 aliphatic carbocycles. The minimum atomic E-state index is -0.517. The Morgan fingerprint density at radius 3 is 3.06 bits per heavy atom. The first-order valence-corrected chi connectivity index (χ1v) is 7.68. The van der Waals surface area contributed by atoms with Crippen LogP contribution in [-0.4, -0.2) is 33.2 Å². The van der Waals surface area contributed by atoms with Gasteiger partial charge in [0, 0.05) is 30.2 Å². The van der Waals surface area contributed by atoms with Gasteiger partial charge in [-0.05, 0) is 37.1 Å². The van der Waals surface area contributed by atoms with Crippen LogP contribution in [0.4, 0.5) is 0 Å². The number of pyridine rings is 1. The largest absolute Gasteiger partial charge is 0.387 e. The lowest BCUT2D eigenvalue weighted by molar-refractivity contribution is -0.0249. The van der Waals surface area contributed by atoms with Gasteiger partial charge in [-0.2, -0.15) is 11.8 Å². The molecule has 0 aromatic carbocycles. The molecule has 1 heterocycles. The van der Waals surface area contributed by atoms with Crippen molar-refractivity contribution in [3.8, 4) is 0 Å². The highest BCUT2D eigenvalue weighted by molar-refractivity contribution is 8.00. The van der Waals surface area contributed by atoms with Crippen LogP contribution in [0.1, 0.15) is 38.3 Å². The Kier molecular flexibility index (Phi) is 4.65. The molecule has 0 unspecified atom stereocenters. The third kappa shape index (κ3) is 3.05. The first-order chi connectivity index (χ1) is 8.65. The van der Waals surface area contributed by atoms with Gasteiger partial charge in [0.25, 0.3) is 0 Å². The maximum absolute atomic E-state index is 10.5. The zero-order valence-electron chi connectivity index (χ0n) is 11.1. The summed E-state index contributed by atoms with van der Waals surface area (Å²) in [5.41, 5.74) is 0.650. The molecule has 1 aliphatic rings. The van der Waals surface area contributed by atoms with E-state index in [9.17, 15) is 5.11 Å². The fourth-order valence-electron chi connectivity index (χ4n) is 2.32. The first kappa shape index (κ1) is 13.8. The highest BCUT2D eigenvalue weighted by Crippen LogP contribution is 2.40. The van der Waals surface area contributed by atoms with Crippen molar-refractivity contribution < 1.29 is 5.11 Å². The number of hydrogen-bond donors (Lipinski definition) is 2. The normalized spacial score (nSPS) is 28.7. The predicted octanol–water partition coefficient (Wildman–Crippen LogP) is 2.38. The Morgan fingerprint density at radius 2 is 2.50 bits per heavy atom. The van der Waals surface area contributed by atoms with E-state index >= 15 is 0 Å². The minimum Gasteiger partial charge on any atom is -0.387 e. The fourth-order valence-corrected chi connectivity index (χ4v) is 3.52. The molecule has 2 N–H and O–H groups in total. The van der Waals surface area contributed by atoms with E-state index < -0.39 is 5.60 Å². The molecule has 0 bridgehead atoms. The van der Waals surface area contributed by atoms with Gasteiger partial charge in [-0.1, -0.05) is 13.0 Å². The van der Waals surface area contributed by atoms with Crippen LogP contribution >= 0.6 is 11.8 Å². The van der Waals surface area contributed by atoms with Gasteiger partial charge in [0.2, 0.25) is 0 Å². The Hall–Kier alpha value is -0.580. The van der Waals surface area contributed by atoms with Gasteiger partial charge in [-0.15, -0.1) is 0 Å². The summed E-state index contributed by atoms with van der Waals surface area (Å²) in [6.45, 7) is 4.93. The van der Waals surface area contributed by atoms with E-state index in [2.05, 4.69) is 30.2 Å². The molecule has 1 fully saturated rings. The molecule has 0 amide bonds. The van der Waals surface area contributed by atoms with Crippen LogP contribution in [0.5, 0.6) is 0 Å². The minimum absolute atomic E-state index is 0.232. The lowest BCUT2D eigenvalue weighted by atomic mass is 9.79. The smallest absolute Gasteiger partial charge is 0.0890 e. The molecular formula is C14H22N2OS. The van der Waals surface area contributed by atoms with Crippen molar-refractivity contribution >= 4 is 11.8 Å². The Balaban J connectivity index is 1.84. The molecule has 1 saturated carbocycles. The second kappa shape index (κ2) is 6.04. The summed E-state index contributed by atoms with van der Waals surface area (Å²) < 4.78 is 0. The van der Waals surface area contributed by atoms with Crippen molar-refractivity contribution in [3.63, 3.8) is 0 Å². The Bertz CT molecular complexity index is 373. The van der Waals surface area contributed by atoms with Gasteiger partial charge in [0.1, 0.15) is 0 Å². The van der Waals surface area contributed by atoms with Gasteiger partial charge in [0.15, 0.2) is 0 Å². The molecular weight excluding hydrogens is 244 g/mol. The molecule has 1 aromatic heterocycles. The third-order valence-corrected chi connectivity index (χ3v) is 5.12. The molecule has 2 rings (SSSR count). The number of aliphatic hydroxyl groups is 1. The molecule has 3 atom stereocenters. The second-order valence-electron chi connectivity index (χ2n) is 4.98. The number of nitrogens with zero attached hydrogens (tertiary/aromatic N) is 1. The van der Waals surface area contributed by atoms with Crippen LogP contribution in [0.2, 0.25) is 0 Å². The van der Waals surface area contributed by atoms with E-state index in [-0.39, 0.29) is 6.04 Å². The predicted molar refractivity (Wildman–Crippen MR) is 76.8 cm³/mol. The van der Waals surface area contributed by atoms with E-state index in [0.717, 1.165) is 18.6 Å². The Labute approximate surface area is 113 Å². The maximum atomic E-state index is 10.5.